The minimum absolute atomic E-state index is 0.0657. The molecule has 0 unspecified atom stereocenters. The van der Waals surface area contributed by atoms with Gasteiger partial charge in [0.05, 0.1) is 11.3 Å². The summed E-state index contributed by atoms with van der Waals surface area (Å²) >= 11 is 1.23. The second kappa shape index (κ2) is 8.05. The van der Waals surface area contributed by atoms with E-state index in [1.54, 1.807) is 12.1 Å². The third-order valence-corrected chi connectivity index (χ3v) is 3.16. The zero-order valence-corrected chi connectivity index (χ0v) is 11.4. The predicted octanol–water partition coefficient (Wildman–Crippen LogP) is -0.238. The van der Waals surface area contributed by atoms with E-state index in [1.807, 2.05) is 0 Å². The molecule has 0 saturated heterocycles. The highest BCUT2D eigenvalue weighted by Crippen LogP contribution is 2.14. The Labute approximate surface area is 119 Å². The number of benzene rings is 1. The first-order valence-electron chi connectivity index (χ1n) is 5.74. The van der Waals surface area contributed by atoms with Gasteiger partial charge in [0.15, 0.2) is 0 Å². The molecular formula is C12H15N3O4S. The van der Waals surface area contributed by atoms with Gasteiger partial charge < -0.3 is 10.8 Å². The molecule has 0 aliphatic carbocycles. The van der Waals surface area contributed by atoms with Gasteiger partial charge in [-0.25, -0.2) is 0 Å². The van der Waals surface area contributed by atoms with Crippen LogP contribution in [0.3, 0.4) is 0 Å². The number of nitrogens with two attached hydrogens (primary N) is 1. The third kappa shape index (κ3) is 5.61. The Balaban J connectivity index is 2.29. The van der Waals surface area contributed by atoms with E-state index < -0.39 is 17.7 Å². The van der Waals surface area contributed by atoms with Gasteiger partial charge in [-0.2, -0.15) is 11.8 Å². The van der Waals surface area contributed by atoms with Gasteiger partial charge in [0.25, 0.3) is 5.91 Å². The van der Waals surface area contributed by atoms with Gasteiger partial charge in [-0.3, -0.25) is 25.2 Å². The van der Waals surface area contributed by atoms with Crippen LogP contribution in [0.1, 0.15) is 16.8 Å². The number of phenolic OH excluding ortho intramolecular Hbond substituents is 1. The van der Waals surface area contributed by atoms with Crippen LogP contribution in [0, 0.1) is 0 Å². The first-order chi connectivity index (χ1) is 9.50. The SMILES string of the molecule is NC(=O)CSCCC(=O)NNC(=O)c1ccccc1O. The lowest BCUT2D eigenvalue weighted by molar-refractivity contribution is -0.121. The molecule has 1 aromatic rings. The first-order valence-corrected chi connectivity index (χ1v) is 6.89. The summed E-state index contributed by atoms with van der Waals surface area (Å²) in [5.41, 5.74) is 9.42. The van der Waals surface area contributed by atoms with E-state index in [9.17, 15) is 19.5 Å². The van der Waals surface area contributed by atoms with Crippen molar-refractivity contribution >= 4 is 29.5 Å². The van der Waals surface area contributed by atoms with E-state index in [0.717, 1.165) is 0 Å². The van der Waals surface area contributed by atoms with Crippen molar-refractivity contribution in [2.75, 3.05) is 11.5 Å². The third-order valence-electron chi connectivity index (χ3n) is 2.18. The van der Waals surface area contributed by atoms with E-state index in [2.05, 4.69) is 10.9 Å². The molecule has 1 aromatic carbocycles. The lowest BCUT2D eigenvalue weighted by Gasteiger charge is -2.08. The molecule has 0 radical (unpaired) electrons. The van der Waals surface area contributed by atoms with Gasteiger partial charge in [-0.1, -0.05) is 12.1 Å². The van der Waals surface area contributed by atoms with E-state index >= 15 is 0 Å². The molecule has 0 atom stereocenters. The molecule has 3 amide bonds. The summed E-state index contributed by atoms with van der Waals surface area (Å²) in [5, 5.41) is 9.45. The Hall–Kier alpha value is -2.22. The van der Waals surface area contributed by atoms with Crippen molar-refractivity contribution in [1.29, 1.82) is 0 Å². The van der Waals surface area contributed by atoms with Crippen LogP contribution in [0.2, 0.25) is 0 Å². The number of thioether (sulfide) groups is 1. The van der Waals surface area contributed by atoms with E-state index in [4.69, 9.17) is 5.73 Å². The molecule has 0 aliphatic heterocycles. The van der Waals surface area contributed by atoms with Gasteiger partial charge >= 0.3 is 0 Å². The molecule has 108 valence electrons. The van der Waals surface area contributed by atoms with Gasteiger partial charge in [-0.15, -0.1) is 0 Å². The van der Waals surface area contributed by atoms with Crippen LogP contribution in [0.25, 0.3) is 0 Å². The maximum atomic E-state index is 11.6. The maximum Gasteiger partial charge on any atom is 0.273 e. The first kappa shape index (κ1) is 15.8. The highest BCUT2D eigenvalue weighted by molar-refractivity contribution is 7.99. The number of para-hydroxylation sites is 1. The highest BCUT2D eigenvalue weighted by Gasteiger charge is 2.10. The van der Waals surface area contributed by atoms with Crippen LogP contribution in [-0.2, 0) is 9.59 Å². The predicted molar refractivity (Wildman–Crippen MR) is 74.9 cm³/mol. The molecule has 0 aromatic heterocycles. The van der Waals surface area contributed by atoms with Crippen molar-refractivity contribution in [2.45, 2.75) is 6.42 Å². The number of hydrogen-bond donors (Lipinski definition) is 4. The molecule has 0 bridgehead atoms. The largest absolute Gasteiger partial charge is 0.507 e. The zero-order chi connectivity index (χ0) is 15.0. The molecule has 20 heavy (non-hydrogen) atoms. The summed E-state index contributed by atoms with van der Waals surface area (Å²) in [6.07, 6.45) is 0.138. The zero-order valence-electron chi connectivity index (χ0n) is 10.6. The number of rotatable bonds is 6. The van der Waals surface area contributed by atoms with Crippen molar-refractivity contribution < 1.29 is 19.5 Å². The Morgan fingerprint density at radius 3 is 2.55 bits per heavy atom. The van der Waals surface area contributed by atoms with E-state index in [-0.39, 0.29) is 23.5 Å². The standard InChI is InChI=1S/C12H15N3O4S/c13-10(17)7-20-6-5-11(18)14-15-12(19)8-3-1-2-4-9(8)16/h1-4,16H,5-7H2,(H2,13,17)(H,14,18)(H,15,19). The number of hydrazine groups is 1. The van der Waals surface area contributed by atoms with Gasteiger partial charge in [0.2, 0.25) is 11.8 Å². The van der Waals surface area contributed by atoms with Crippen molar-refractivity contribution in [3.05, 3.63) is 29.8 Å². The van der Waals surface area contributed by atoms with Crippen molar-refractivity contribution in [2.24, 2.45) is 5.73 Å². The number of hydrogen-bond acceptors (Lipinski definition) is 5. The van der Waals surface area contributed by atoms with Crippen LogP contribution in [0.15, 0.2) is 24.3 Å². The molecule has 1 rings (SSSR count). The fourth-order valence-electron chi connectivity index (χ4n) is 1.26. The normalized spacial score (nSPS) is 9.80. The summed E-state index contributed by atoms with van der Waals surface area (Å²) in [6.45, 7) is 0. The molecule has 0 saturated carbocycles. The maximum absolute atomic E-state index is 11.6. The van der Waals surface area contributed by atoms with Crippen LogP contribution < -0.4 is 16.6 Å². The number of carbonyl (C=O) groups is 3. The van der Waals surface area contributed by atoms with Gasteiger partial charge in [-0.05, 0) is 12.1 Å². The molecule has 8 heteroatoms. The smallest absolute Gasteiger partial charge is 0.273 e. The summed E-state index contributed by atoms with van der Waals surface area (Å²) in [4.78, 5) is 33.5. The van der Waals surface area contributed by atoms with Crippen LogP contribution in [-0.4, -0.2) is 34.3 Å². The molecule has 5 N–H and O–H groups in total. The molecule has 0 fully saturated rings. The Bertz CT molecular complexity index is 507. The quantitative estimate of drug-likeness (QED) is 0.426. The molecule has 0 aliphatic rings. The molecule has 0 heterocycles. The number of amides is 3. The molecular weight excluding hydrogens is 282 g/mol. The van der Waals surface area contributed by atoms with Crippen LogP contribution >= 0.6 is 11.8 Å². The number of aromatic hydroxyl groups is 1. The Morgan fingerprint density at radius 1 is 1.20 bits per heavy atom. The number of nitrogens with one attached hydrogen (secondary N) is 2. The van der Waals surface area contributed by atoms with E-state index in [1.165, 1.54) is 23.9 Å². The average molecular weight is 297 g/mol. The topological polar surface area (TPSA) is 122 Å². The highest BCUT2D eigenvalue weighted by atomic mass is 32.2. The lowest BCUT2D eigenvalue weighted by atomic mass is 10.2. The monoisotopic (exact) mass is 297 g/mol. The average Bonchev–Trinajstić information content (AvgIpc) is 2.41. The van der Waals surface area contributed by atoms with Crippen molar-refractivity contribution in [1.82, 2.24) is 10.9 Å². The van der Waals surface area contributed by atoms with Crippen molar-refractivity contribution in [3.8, 4) is 5.75 Å². The summed E-state index contributed by atoms with van der Waals surface area (Å²) in [5.74, 6) is -1.05. The van der Waals surface area contributed by atoms with Gasteiger partial charge in [0, 0.05) is 12.2 Å². The number of phenols is 1. The molecule has 7 nitrogen and oxygen atoms in total. The number of carbonyl (C=O) groups excluding carboxylic acids is 3. The summed E-state index contributed by atoms with van der Waals surface area (Å²) in [7, 11) is 0. The van der Waals surface area contributed by atoms with Crippen LogP contribution in [0.5, 0.6) is 5.75 Å². The number of primary amides is 1. The molecule has 0 spiro atoms. The minimum Gasteiger partial charge on any atom is -0.507 e. The minimum atomic E-state index is -0.610. The Morgan fingerprint density at radius 2 is 1.90 bits per heavy atom. The Kier molecular flexibility index (Phi) is 6.38. The lowest BCUT2D eigenvalue weighted by Crippen LogP contribution is -2.41. The van der Waals surface area contributed by atoms with E-state index in [0.29, 0.717) is 5.75 Å². The summed E-state index contributed by atoms with van der Waals surface area (Å²) < 4.78 is 0. The van der Waals surface area contributed by atoms with Crippen LogP contribution in [0.4, 0.5) is 0 Å². The second-order valence-electron chi connectivity index (χ2n) is 3.79. The summed E-state index contributed by atoms with van der Waals surface area (Å²) in [6, 6.07) is 5.98. The fraction of sp³-hybridized carbons (Fsp3) is 0.250. The second-order valence-corrected chi connectivity index (χ2v) is 4.89. The van der Waals surface area contributed by atoms with Gasteiger partial charge in [0.1, 0.15) is 5.75 Å². The fourth-order valence-corrected chi connectivity index (χ4v) is 1.93. The van der Waals surface area contributed by atoms with Crippen molar-refractivity contribution in [3.63, 3.8) is 0 Å².